The fourth-order valence-corrected chi connectivity index (χ4v) is 3.89. The number of para-hydroxylation sites is 1. The maximum Gasteiger partial charge on any atom is 0.339 e. The first-order valence-electron chi connectivity index (χ1n) is 10.0. The lowest BCUT2D eigenvalue weighted by atomic mass is 10.0. The zero-order valence-corrected chi connectivity index (χ0v) is 18.0. The first-order valence-corrected chi connectivity index (χ1v) is 10.4. The summed E-state index contributed by atoms with van der Waals surface area (Å²) in [7, 11) is 0. The molecule has 0 saturated carbocycles. The van der Waals surface area contributed by atoms with Crippen molar-refractivity contribution in [1.29, 1.82) is 0 Å². The van der Waals surface area contributed by atoms with Gasteiger partial charge in [-0.3, -0.25) is 10.1 Å². The fourth-order valence-electron chi connectivity index (χ4n) is 3.77. The number of amides is 3. The third-order valence-electron chi connectivity index (χ3n) is 5.26. The van der Waals surface area contributed by atoms with Gasteiger partial charge in [0.2, 0.25) is 0 Å². The van der Waals surface area contributed by atoms with Crippen LogP contribution in [0.2, 0.25) is 5.02 Å². The van der Waals surface area contributed by atoms with Crippen LogP contribution in [0.25, 0.3) is 22.6 Å². The van der Waals surface area contributed by atoms with Gasteiger partial charge in [-0.15, -0.1) is 0 Å². The van der Waals surface area contributed by atoms with Crippen LogP contribution in [0.3, 0.4) is 0 Å². The average Bonchev–Trinajstić information content (AvgIpc) is 3.15. The molecule has 0 aliphatic heterocycles. The summed E-state index contributed by atoms with van der Waals surface area (Å²) in [5.41, 5.74) is 9.49. The molecule has 3 aromatic rings. The lowest BCUT2D eigenvalue weighted by Gasteiger charge is -2.15. The van der Waals surface area contributed by atoms with Crippen molar-refractivity contribution >= 4 is 52.1 Å². The summed E-state index contributed by atoms with van der Waals surface area (Å²) in [6.45, 7) is 1.38. The number of carbonyl (C=O) groups is 3. The molecule has 8 heteroatoms. The molecule has 0 bridgehead atoms. The Bertz CT molecular complexity index is 1270. The number of urea groups is 1. The van der Waals surface area contributed by atoms with Gasteiger partial charge in [-0.2, -0.15) is 0 Å². The van der Waals surface area contributed by atoms with Gasteiger partial charge in [0.1, 0.15) is 0 Å². The standard InChI is InChI=1S/C24H20ClN3O4/c1-13(22(29)28-24(26)31)32-23(30)20-17-4-2-3-5-19(17)27-21-15(8-11-18(20)21)12-14-6-9-16(25)10-7-14/h2-7,9-10,12-13H,8,11H2,1H3,(H3,26,28,29,31). The second-order valence-corrected chi connectivity index (χ2v) is 7.89. The molecular formula is C24H20ClN3O4. The molecule has 1 unspecified atom stereocenters. The predicted octanol–water partition coefficient (Wildman–Crippen LogP) is 4.12. The number of allylic oxidation sites excluding steroid dienone is 1. The lowest BCUT2D eigenvalue weighted by molar-refractivity contribution is -0.127. The monoisotopic (exact) mass is 449 g/mol. The summed E-state index contributed by atoms with van der Waals surface area (Å²) in [4.78, 5) is 40.9. The number of fused-ring (bicyclic) bond motifs is 2. The van der Waals surface area contributed by atoms with E-state index in [1.165, 1.54) is 6.92 Å². The second-order valence-electron chi connectivity index (χ2n) is 7.45. The van der Waals surface area contributed by atoms with Crippen LogP contribution in [0.15, 0.2) is 48.5 Å². The molecular weight excluding hydrogens is 430 g/mol. The molecule has 1 aromatic heterocycles. The van der Waals surface area contributed by atoms with Crippen LogP contribution in [0, 0.1) is 0 Å². The van der Waals surface area contributed by atoms with Gasteiger partial charge in [0.15, 0.2) is 6.10 Å². The van der Waals surface area contributed by atoms with E-state index >= 15 is 0 Å². The van der Waals surface area contributed by atoms with Crippen molar-refractivity contribution in [1.82, 2.24) is 10.3 Å². The highest BCUT2D eigenvalue weighted by Gasteiger charge is 2.29. The minimum absolute atomic E-state index is 0.379. The van der Waals surface area contributed by atoms with E-state index in [4.69, 9.17) is 27.1 Å². The van der Waals surface area contributed by atoms with E-state index in [0.29, 0.717) is 34.3 Å². The zero-order valence-electron chi connectivity index (χ0n) is 17.2. The molecule has 3 N–H and O–H groups in total. The number of rotatable bonds is 4. The molecule has 7 nitrogen and oxygen atoms in total. The maximum atomic E-state index is 13.1. The molecule has 1 atom stereocenters. The summed E-state index contributed by atoms with van der Waals surface area (Å²) >= 11 is 5.98. The van der Waals surface area contributed by atoms with Crippen LogP contribution in [0.1, 0.15) is 40.5 Å². The Balaban J connectivity index is 1.75. The van der Waals surface area contributed by atoms with Crippen molar-refractivity contribution in [2.45, 2.75) is 25.9 Å². The minimum atomic E-state index is -1.19. The number of hydrogen-bond acceptors (Lipinski definition) is 5. The first kappa shape index (κ1) is 21.5. The van der Waals surface area contributed by atoms with Gasteiger partial charge in [-0.05, 0) is 60.7 Å². The number of nitrogens with zero attached hydrogens (tertiary/aromatic N) is 1. The van der Waals surface area contributed by atoms with Crippen LogP contribution in [0.4, 0.5) is 4.79 Å². The maximum absolute atomic E-state index is 13.1. The number of nitrogens with two attached hydrogens (primary N) is 1. The summed E-state index contributed by atoms with van der Waals surface area (Å²) in [6.07, 6.45) is 2.16. The van der Waals surface area contributed by atoms with Gasteiger partial charge < -0.3 is 10.5 Å². The second kappa shape index (κ2) is 8.80. The fraction of sp³-hybridized carbons (Fsp3) is 0.167. The topological polar surface area (TPSA) is 111 Å². The van der Waals surface area contributed by atoms with Crippen molar-refractivity contribution in [3.05, 3.63) is 75.9 Å². The molecule has 4 rings (SSSR count). The minimum Gasteiger partial charge on any atom is -0.449 e. The van der Waals surface area contributed by atoms with Crippen molar-refractivity contribution < 1.29 is 19.1 Å². The molecule has 2 aromatic carbocycles. The van der Waals surface area contributed by atoms with Crippen LogP contribution in [-0.4, -0.2) is 29.0 Å². The summed E-state index contributed by atoms with van der Waals surface area (Å²) in [5.74, 6) is -1.44. The highest BCUT2D eigenvalue weighted by molar-refractivity contribution is 6.30. The van der Waals surface area contributed by atoms with E-state index in [1.807, 2.05) is 53.9 Å². The van der Waals surface area contributed by atoms with Gasteiger partial charge in [0, 0.05) is 10.4 Å². The SMILES string of the molecule is CC(OC(=O)c1c2c(nc3ccccc13)C(=Cc1ccc(Cl)cc1)CC2)C(=O)NC(N)=O. The number of primary amides is 1. The number of benzene rings is 2. The Morgan fingerprint density at radius 2 is 1.84 bits per heavy atom. The highest BCUT2D eigenvalue weighted by atomic mass is 35.5. The Hall–Kier alpha value is -3.71. The summed E-state index contributed by atoms with van der Waals surface area (Å²) < 4.78 is 5.38. The molecule has 0 saturated heterocycles. The van der Waals surface area contributed by atoms with E-state index in [1.54, 1.807) is 6.07 Å². The number of imide groups is 1. The number of ether oxygens (including phenoxy) is 1. The molecule has 162 valence electrons. The van der Waals surface area contributed by atoms with Gasteiger partial charge in [-0.1, -0.05) is 41.9 Å². The number of hydrogen-bond donors (Lipinski definition) is 2. The smallest absolute Gasteiger partial charge is 0.339 e. The quantitative estimate of drug-likeness (QED) is 0.582. The van der Waals surface area contributed by atoms with Gasteiger partial charge >= 0.3 is 12.0 Å². The molecule has 1 aliphatic rings. The van der Waals surface area contributed by atoms with Crippen molar-refractivity contribution in [2.75, 3.05) is 0 Å². The third kappa shape index (κ3) is 4.33. The summed E-state index contributed by atoms with van der Waals surface area (Å²) in [5, 5.41) is 3.22. The number of nitrogens with one attached hydrogen (secondary N) is 1. The third-order valence-corrected chi connectivity index (χ3v) is 5.51. The van der Waals surface area contributed by atoms with E-state index in [-0.39, 0.29) is 0 Å². The van der Waals surface area contributed by atoms with Crippen molar-refractivity contribution in [3.8, 4) is 0 Å². The zero-order chi connectivity index (χ0) is 22.8. The molecule has 3 amide bonds. The molecule has 1 aliphatic carbocycles. The van der Waals surface area contributed by atoms with E-state index in [9.17, 15) is 14.4 Å². The molecule has 0 radical (unpaired) electrons. The van der Waals surface area contributed by atoms with Gasteiger partial charge in [-0.25, -0.2) is 14.6 Å². The van der Waals surface area contributed by atoms with Gasteiger partial charge in [0.25, 0.3) is 5.91 Å². The number of halogens is 1. The van der Waals surface area contributed by atoms with Gasteiger partial charge in [0.05, 0.1) is 16.8 Å². The molecule has 32 heavy (non-hydrogen) atoms. The number of pyridine rings is 1. The Morgan fingerprint density at radius 3 is 2.56 bits per heavy atom. The largest absolute Gasteiger partial charge is 0.449 e. The first-order chi connectivity index (χ1) is 15.3. The van der Waals surface area contributed by atoms with Crippen LogP contribution < -0.4 is 11.1 Å². The highest BCUT2D eigenvalue weighted by Crippen LogP contribution is 2.38. The van der Waals surface area contributed by atoms with Crippen molar-refractivity contribution in [3.63, 3.8) is 0 Å². The summed E-state index contributed by atoms with van der Waals surface area (Å²) in [6, 6.07) is 13.8. The predicted molar refractivity (Wildman–Crippen MR) is 122 cm³/mol. The number of aromatic nitrogens is 1. The molecule has 0 fully saturated rings. The molecule has 1 heterocycles. The van der Waals surface area contributed by atoms with Crippen LogP contribution >= 0.6 is 11.6 Å². The Kier molecular flexibility index (Phi) is 5.92. The lowest BCUT2D eigenvalue weighted by Crippen LogP contribution is -2.42. The van der Waals surface area contributed by atoms with Crippen molar-refractivity contribution in [2.24, 2.45) is 5.73 Å². The van der Waals surface area contributed by atoms with Crippen LogP contribution in [0.5, 0.6) is 0 Å². The molecule has 0 spiro atoms. The Morgan fingerprint density at radius 1 is 1.12 bits per heavy atom. The van der Waals surface area contributed by atoms with E-state index in [0.717, 1.165) is 22.4 Å². The average molecular weight is 450 g/mol. The Labute approximate surface area is 189 Å². The van der Waals surface area contributed by atoms with Crippen LogP contribution in [-0.2, 0) is 16.0 Å². The normalized spacial score (nSPS) is 14.8. The van der Waals surface area contributed by atoms with E-state index < -0.39 is 24.0 Å². The number of carbonyl (C=O) groups excluding carboxylic acids is 3. The van der Waals surface area contributed by atoms with E-state index in [2.05, 4.69) is 0 Å². The number of esters is 1.